The molecule has 1 heterocycles. The van der Waals surface area contributed by atoms with Gasteiger partial charge >= 0.3 is 0 Å². The van der Waals surface area contributed by atoms with Gasteiger partial charge in [0.25, 0.3) is 0 Å². The van der Waals surface area contributed by atoms with Crippen LogP contribution in [0.3, 0.4) is 0 Å². The Bertz CT molecular complexity index is 624. The van der Waals surface area contributed by atoms with E-state index in [1.807, 2.05) is 30.5 Å². The van der Waals surface area contributed by atoms with Crippen LogP contribution in [0.1, 0.15) is 19.8 Å². The van der Waals surface area contributed by atoms with Crippen LogP contribution in [0.5, 0.6) is 0 Å². The number of fused-ring (bicyclic) bond motifs is 1. The summed E-state index contributed by atoms with van der Waals surface area (Å²) in [6.45, 7) is 1.77. The molecule has 22 heavy (non-hydrogen) atoms. The topological polar surface area (TPSA) is 71.1 Å². The lowest BCUT2D eigenvalue weighted by atomic mass is 10.2. The number of rotatable bonds is 7. The monoisotopic (exact) mass is 337 g/mol. The molecule has 0 aliphatic carbocycles. The van der Waals surface area contributed by atoms with Gasteiger partial charge in [-0.15, -0.1) is 0 Å². The average Bonchev–Trinajstić information content (AvgIpc) is 2.93. The molecule has 1 aromatic carbocycles. The lowest BCUT2D eigenvalue weighted by Gasteiger charge is -2.16. The van der Waals surface area contributed by atoms with Gasteiger partial charge in [-0.2, -0.15) is 11.8 Å². The standard InChI is InChI=1S/C15H19N3O2S2/c1-3-13(19)16-11(8-9-21-2)14(20)18-15-17-10-6-4-5-7-12(10)22-15/h4-7,11H,3,8-9H2,1-2H3,(H,16,19)(H,17,18,20). The van der Waals surface area contributed by atoms with Gasteiger partial charge < -0.3 is 10.6 Å². The molecule has 0 aliphatic heterocycles. The van der Waals surface area contributed by atoms with Crippen molar-refractivity contribution in [3.63, 3.8) is 0 Å². The van der Waals surface area contributed by atoms with Crippen LogP contribution in [-0.4, -0.2) is 34.8 Å². The molecule has 0 aliphatic rings. The lowest BCUT2D eigenvalue weighted by molar-refractivity contribution is -0.126. The van der Waals surface area contributed by atoms with Crippen LogP contribution >= 0.6 is 23.1 Å². The van der Waals surface area contributed by atoms with E-state index in [4.69, 9.17) is 0 Å². The predicted octanol–water partition coefficient (Wildman–Crippen LogP) is 2.88. The first-order valence-corrected chi connectivity index (χ1v) is 9.29. The minimum atomic E-state index is -0.521. The fourth-order valence-corrected chi connectivity index (χ4v) is 3.26. The summed E-state index contributed by atoms with van der Waals surface area (Å²) >= 11 is 3.08. The van der Waals surface area contributed by atoms with Gasteiger partial charge in [0.05, 0.1) is 10.2 Å². The lowest BCUT2D eigenvalue weighted by Crippen LogP contribution is -2.43. The highest BCUT2D eigenvalue weighted by molar-refractivity contribution is 7.98. The number of amides is 2. The minimum absolute atomic E-state index is 0.120. The number of nitrogens with one attached hydrogen (secondary N) is 2. The molecule has 0 radical (unpaired) electrons. The summed E-state index contributed by atoms with van der Waals surface area (Å²) in [6.07, 6.45) is 2.94. The van der Waals surface area contributed by atoms with Crippen molar-refractivity contribution in [1.82, 2.24) is 10.3 Å². The maximum absolute atomic E-state index is 12.4. The molecular formula is C15H19N3O2S2. The molecule has 1 aromatic heterocycles. The SMILES string of the molecule is CCC(=O)NC(CCSC)C(=O)Nc1nc2ccccc2s1. The quantitative estimate of drug-likeness (QED) is 0.815. The van der Waals surface area contributed by atoms with Crippen LogP contribution in [0.15, 0.2) is 24.3 Å². The third-order valence-corrected chi connectivity index (χ3v) is 4.70. The van der Waals surface area contributed by atoms with Gasteiger partial charge in [0.2, 0.25) is 11.8 Å². The molecule has 1 unspecified atom stereocenters. The second-order valence-electron chi connectivity index (χ2n) is 4.73. The molecule has 0 saturated heterocycles. The number of carbonyl (C=O) groups excluding carboxylic acids is 2. The number of thioether (sulfide) groups is 1. The number of aromatic nitrogens is 1. The fraction of sp³-hybridized carbons (Fsp3) is 0.400. The van der Waals surface area contributed by atoms with Crippen LogP contribution < -0.4 is 10.6 Å². The Balaban J connectivity index is 2.06. The summed E-state index contributed by atoms with van der Waals surface area (Å²) in [6, 6.07) is 7.20. The highest BCUT2D eigenvalue weighted by Gasteiger charge is 2.21. The fourth-order valence-electron chi connectivity index (χ4n) is 1.92. The van der Waals surface area contributed by atoms with Gasteiger partial charge in [-0.3, -0.25) is 9.59 Å². The zero-order valence-electron chi connectivity index (χ0n) is 12.6. The zero-order chi connectivity index (χ0) is 15.9. The van der Waals surface area contributed by atoms with E-state index in [1.165, 1.54) is 11.3 Å². The van der Waals surface area contributed by atoms with E-state index < -0.39 is 6.04 Å². The minimum Gasteiger partial charge on any atom is -0.344 e. The van der Waals surface area contributed by atoms with E-state index in [1.54, 1.807) is 18.7 Å². The third-order valence-electron chi connectivity index (χ3n) is 3.11. The van der Waals surface area contributed by atoms with Gasteiger partial charge in [0.1, 0.15) is 6.04 Å². The van der Waals surface area contributed by atoms with E-state index >= 15 is 0 Å². The largest absolute Gasteiger partial charge is 0.344 e. The summed E-state index contributed by atoms with van der Waals surface area (Å²) in [5, 5.41) is 6.14. The van der Waals surface area contributed by atoms with Crippen LogP contribution in [0, 0.1) is 0 Å². The second-order valence-corrected chi connectivity index (χ2v) is 6.75. The van der Waals surface area contributed by atoms with Crippen molar-refractivity contribution < 1.29 is 9.59 Å². The van der Waals surface area contributed by atoms with Gasteiger partial charge in [0, 0.05) is 6.42 Å². The van der Waals surface area contributed by atoms with Crippen molar-refractivity contribution in [2.24, 2.45) is 0 Å². The van der Waals surface area contributed by atoms with Gasteiger partial charge in [-0.05, 0) is 30.6 Å². The molecule has 0 fully saturated rings. The molecule has 0 saturated carbocycles. The normalized spacial score (nSPS) is 12.1. The Kier molecular flexibility index (Phi) is 6.21. The Morgan fingerprint density at radius 2 is 2.14 bits per heavy atom. The Morgan fingerprint density at radius 1 is 1.36 bits per heavy atom. The van der Waals surface area contributed by atoms with E-state index in [0.29, 0.717) is 18.0 Å². The molecule has 2 rings (SSSR count). The summed E-state index contributed by atoms with van der Waals surface area (Å²) in [5.74, 6) is 0.475. The van der Waals surface area contributed by atoms with E-state index in [-0.39, 0.29) is 11.8 Å². The molecule has 2 amide bonds. The number of carbonyl (C=O) groups is 2. The van der Waals surface area contributed by atoms with Crippen LogP contribution in [0.25, 0.3) is 10.2 Å². The summed E-state index contributed by atoms with van der Waals surface area (Å²) in [7, 11) is 0. The molecular weight excluding hydrogens is 318 g/mol. The Hall–Kier alpha value is -1.60. The Labute approximate surface area is 137 Å². The van der Waals surface area contributed by atoms with E-state index in [9.17, 15) is 9.59 Å². The number of thiazole rings is 1. The van der Waals surface area contributed by atoms with Crippen molar-refractivity contribution in [2.45, 2.75) is 25.8 Å². The molecule has 2 aromatic rings. The number of benzene rings is 1. The first-order chi connectivity index (χ1) is 10.6. The van der Waals surface area contributed by atoms with E-state index in [0.717, 1.165) is 16.0 Å². The van der Waals surface area contributed by atoms with Crippen LogP contribution in [0.2, 0.25) is 0 Å². The Morgan fingerprint density at radius 3 is 2.82 bits per heavy atom. The highest BCUT2D eigenvalue weighted by atomic mass is 32.2. The van der Waals surface area contributed by atoms with Crippen molar-refractivity contribution in [2.75, 3.05) is 17.3 Å². The van der Waals surface area contributed by atoms with Crippen molar-refractivity contribution in [1.29, 1.82) is 0 Å². The maximum Gasteiger partial charge on any atom is 0.248 e. The molecule has 7 heteroatoms. The second kappa shape index (κ2) is 8.14. The first-order valence-electron chi connectivity index (χ1n) is 7.08. The number of hydrogen-bond donors (Lipinski definition) is 2. The molecule has 2 N–H and O–H groups in total. The number of para-hydroxylation sites is 1. The zero-order valence-corrected chi connectivity index (χ0v) is 14.2. The molecule has 0 bridgehead atoms. The third kappa shape index (κ3) is 4.45. The summed E-state index contributed by atoms with van der Waals surface area (Å²) in [4.78, 5) is 28.3. The van der Waals surface area contributed by atoms with Crippen molar-refractivity contribution in [3.05, 3.63) is 24.3 Å². The number of anilines is 1. The predicted molar refractivity (Wildman–Crippen MR) is 93.5 cm³/mol. The highest BCUT2D eigenvalue weighted by Crippen LogP contribution is 2.25. The van der Waals surface area contributed by atoms with Gasteiger partial charge in [-0.25, -0.2) is 4.98 Å². The van der Waals surface area contributed by atoms with Gasteiger partial charge in [-0.1, -0.05) is 30.4 Å². The van der Waals surface area contributed by atoms with Crippen molar-refractivity contribution >= 4 is 50.3 Å². The van der Waals surface area contributed by atoms with Crippen LogP contribution in [0.4, 0.5) is 5.13 Å². The van der Waals surface area contributed by atoms with Gasteiger partial charge in [0.15, 0.2) is 5.13 Å². The maximum atomic E-state index is 12.4. The van der Waals surface area contributed by atoms with Crippen LogP contribution in [-0.2, 0) is 9.59 Å². The molecule has 1 atom stereocenters. The molecule has 0 spiro atoms. The molecule has 118 valence electrons. The first kappa shape index (κ1) is 16.8. The number of nitrogens with zero attached hydrogens (tertiary/aromatic N) is 1. The van der Waals surface area contributed by atoms with E-state index in [2.05, 4.69) is 15.6 Å². The smallest absolute Gasteiger partial charge is 0.248 e. The number of hydrogen-bond acceptors (Lipinski definition) is 5. The summed E-state index contributed by atoms with van der Waals surface area (Å²) < 4.78 is 1.02. The molecule has 5 nitrogen and oxygen atoms in total. The summed E-state index contributed by atoms with van der Waals surface area (Å²) in [5.41, 5.74) is 0.862. The van der Waals surface area contributed by atoms with Crippen molar-refractivity contribution in [3.8, 4) is 0 Å². The average molecular weight is 337 g/mol.